The van der Waals surface area contributed by atoms with Crippen molar-refractivity contribution in [2.75, 3.05) is 11.5 Å². The number of nitrogens with zero attached hydrogens (tertiary/aromatic N) is 2. The van der Waals surface area contributed by atoms with Crippen molar-refractivity contribution in [1.82, 2.24) is 4.57 Å². The van der Waals surface area contributed by atoms with Crippen LogP contribution in [-0.2, 0) is 11.2 Å². The molecule has 2 fully saturated rings. The summed E-state index contributed by atoms with van der Waals surface area (Å²) in [6.07, 6.45) is 74.3. The molecule has 14 rings (SSSR count). The summed E-state index contributed by atoms with van der Waals surface area (Å²) in [5.74, 6) is 6.03. The largest absolute Gasteiger partial charge is 0.498 e. The van der Waals surface area contributed by atoms with Gasteiger partial charge in [0.2, 0.25) is 0 Å². The number of rotatable bonds is 19. The van der Waals surface area contributed by atoms with Gasteiger partial charge in [-0.25, -0.2) is 0 Å². The van der Waals surface area contributed by atoms with Crippen LogP contribution in [0.1, 0.15) is 188 Å². The van der Waals surface area contributed by atoms with Gasteiger partial charge in [0.1, 0.15) is 0 Å². The minimum Gasteiger partial charge on any atom is -0.498 e. The minimum absolute atomic E-state index is 0.180. The number of hydrogen-bond acceptors (Lipinski definition) is 2. The zero-order valence-electron chi connectivity index (χ0n) is 54.9. The highest BCUT2D eigenvalue weighted by Gasteiger charge is 2.59. The summed E-state index contributed by atoms with van der Waals surface area (Å²) in [7, 11) is 0. The first-order valence-corrected chi connectivity index (χ1v) is 35.7. The van der Waals surface area contributed by atoms with E-state index in [1.807, 2.05) is 17.7 Å². The maximum Gasteiger partial charge on any atom is 0.0963 e. The molecule has 0 amide bonds. The molecule has 0 saturated heterocycles. The Morgan fingerprint density at radius 2 is 1.40 bits per heavy atom. The maximum atomic E-state index is 6.46. The third kappa shape index (κ3) is 11.9. The normalized spacial score (nSPS) is 27.0. The molecule has 0 spiro atoms. The van der Waals surface area contributed by atoms with Crippen molar-refractivity contribution in [1.29, 1.82) is 0 Å². The molecule has 90 heavy (non-hydrogen) atoms. The Morgan fingerprint density at radius 1 is 0.644 bits per heavy atom. The monoisotopic (exact) mass is 1190 g/mol. The first-order valence-electron chi connectivity index (χ1n) is 35.7. The van der Waals surface area contributed by atoms with E-state index in [0.29, 0.717) is 41.5 Å². The average Bonchev–Trinajstić information content (AvgIpc) is 1.56. The van der Waals surface area contributed by atoms with Crippen molar-refractivity contribution in [2.24, 2.45) is 52.8 Å². The molecule has 0 N–H and O–H groups in total. The third-order valence-corrected chi connectivity index (χ3v) is 23.6. The topological polar surface area (TPSA) is 17.4 Å². The van der Waals surface area contributed by atoms with Gasteiger partial charge in [0.15, 0.2) is 0 Å². The lowest BCUT2D eigenvalue weighted by molar-refractivity contribution is 0.0742. The van der Waals surface area contributed by atoms with Gasteiger partial charge in [-0.1, -0.05) is 186 Å². The quantitative estimate of drug-likeness (QED) is 0.0871. The third-order valence-electron chi connectivity index (χ3n) is 23.6. The Labute approximate surface area is 541 Å². The summed E-state index contributed by atoms with van der Waals surface area (Å²) in [6, 6.07) is 22.7. The van der Waals surface area contributed by atoms with Crippen molar-refractivity contribution in [3.05, 3.63) is 251 Å². The fourth-order valence-corrected chi connectivity index (χ4v) is 18.8. The number of hydrogen-bond donors (Lipinski definition) is 0. The zero-order chi connectivity index (χ0) is 61.3. The van der Waals surface area contributed by atoms with E-state index in [4.69, 9.17) is 4.74 Å². The van der Waals surface area contributed by atoms with Gasteiger partial charge in [-0.15, -0.1) is 0 Å². The van der Waals surface area contributed by atoms with Crippen LogP contribution in [0, 0.1) is 66.6 Å². The van der Waals surface area contributed by atoms with E-state index in [1.54, 1.807) is 0 Å². The minimum atomic E-state index is 0.180. The van der Waals surface area contributed by atoms with Crippen LogP contribution >= 0.6 is 0 Å². The van der Waals surface area contributed by atoms with Gasteiger partial charge in [0, 0.05) is 57.1 Å². The van der Waals surface area contributed by atoms with E-state index in [9.17, 15) is 0 Å². The lowest BCUT2D eigenvalue weighted by Crippen LogP contribution is -2.40. The van der Waals surface area contributed by atoms with Crippen molar-refractivity contribution >= 4 is 33.8 Å². The van der Waals surface area contributed by atoms with E-state index in [2.05, 4.69) is 214 Å². The summed E-state index contributed by atoms with van der Waals surface area (Å²) < 4.78 is 9.22. The highest BCUT2D eigenvalue weighted by molar-refractivity contribution is 6.00. The first-order chi connectivity index (χ1) is 44.1. The Morgan fingerprint density at radius 3 is 2.14 bits per heavy atom. The smallest absolute Gasteiger partial charge is 0.0963 e. The van der Waals surface area contributed by atoms with Crippen LogP contribution in [0.3, 0.4) is 0 Å². The standard InChI is InChI=1S/C87H100N2O/c1-7-63-30-34-67(35-31-63)69-40-50-85-81(54-69)82-55-70(41-51-86(82)89(85)72-24-16-11-17-25-72)80-53-61(5)79(52-62(80)6)68-38-44-74(45-39-68)88(73-42-36-66(37-43-73)65-20-12-9-13-21-65)75-46-49-78-77-26-18-19-27-83(77)87(84(78)56-75,71-22-14-10-15-23-71)57-59(3)28-29-60(4)58-90-76-47-32-64(8-2)33-48-76/h7-9,11-13,16,19-20,27,30,32,34,36,38-40,42-47,50,52-56,59-60,65-66,71-72,77-78,83H,1-2,10,14-15,17-18,21-26,28-29,31,33,35,37,41,48-49,51,57-58H2,3-6H3. The van der Waals surface area contributed by atoms with Crippen LogP contribution in [0.25, 0.3) is 39.3 Å². The van der Waals surface area contributed by atoms with Gasteiger partial charge in [-0.2, -0.15) is 0 Å². The van der Waals surface area contributed by atoms with Gasteiger partial charge >= 0.3 is 0 Å². The number of anilines is 1. The molecule has 0 radical (unpaired) electrons. The molecule has 9 atom stereocenters. The van der Waals surface area contributed by atoms with Crippen molar-refractivity contribution < 1.29 is 4.74 Å². The second-order valence-corrected chi connectivity index (χ2v) is 29.2. The van der Waals surface area contributed by atoms with Crippen LogP contribution < -0.4 is 4.90 Å². The highest BCUT2D eigenvalue weighted by atomic mass is 16.5. The number of ether oxygens (including phenoxy) is 1. The Kier molecular flexibility index (Phi) is 17.9. The molecule has 464 valence electrons. The molecule has 10 aliphatic carbocycles. The molecular formula is C87H100N2O. The van der Waals surface area contributed by atoms with Gasteiger partial charge in [-0.3, -0.25) is 0 Å². The fourth-order valence-electron chi connectivity index (χ4n) is 18.8. The highest BCUT2D eigenvalue weighted by Crippen LogP contribution is 2.67. The molecule has 1 aromatic heterocycles. The molecule has 10 aliphatic rings. The lowest BCUT2D eigenvalue weighted by Gasteiger charge is -2.48. The lowest BCUT2D eigenvalue weighted by atomic mass is 9.56. The molecule has 0 aliphatic heterocycles. The Hall–Kier alpha value is -7.10. The van der Waals surface area contributed by atoms with Crippen LogP contribution in [0.5, 0.6) is 0 Å². The number of fused-ring (bicyclic) bond motifs is 6. The van der Waals surface area contributed by atoms with Gasteiger partial charge < -0.3 is 14.2 Å². The summed E-state index contributed by atoms with van der Waals surface area (Å²) in [5, 5.41) is 1.41. The SMILES string of the molecule is C=CC1=CC=C(OCC(C)CCC(C)CC2(C3CCCCC3)C3=CC(N(C4=CCC(C5C=CC=CC5)C=C4)c4ccc(-c5cc(C)c(C6=Cc7c(n(C8CC=CCC8)c8ccc(C9=CC=C(C=C)CC9)cc78)CC6)cc5C)cc4)=CCC3C3CCC=CC32)CC1. The Balaban J connectivity index is 0.777. The molecule has 3 heteroatoms. The molecule has 4 aromatic rings. The molecule has 9 unspecified atom stereocenters. The fraction of sp³-hybridized carbons (Fsp3) is 0.425. The predicted molar refractivity (Wildman–Crippen MR) is 384 cm³/mol. The average molecular weight is 1190 g/mol. The summed E-state index contributed by atoms with van der Waals surface area (Å²) in [6.45, 7) is 18.6. The summed E-state index contributed by atoms with van der Waals surface area (Å²) in [5.41, 5.74) is 24.0. The number of aromatic nitrogens is 1. The number of allylic oxidation sites excluding steroid dienone is 25. The van der Waals surface area contributed by atoms with E-state index in [0.717, 1.165) is 94.8 Å². The second kappa shape index (κ2) is 26.6. The number of benzene rings is 3. The van der Waals surface area contributed by atoms with Crippen LogP contribution in [0.15, 0.2) is 217 Å². The van der Waals surface area contributed by atoms with E-state index < -0.39 is 0 Å². The summed E-state index contributed by atoms with van der Waals surface area (Å²) in [4.78, 5) is 2.68. The predicted octanol–water partition coefficient (Wildman–Crippen LogP) is 23.6. The van der Waals surface area contributed by atoms with Crippen LogP contribution in [0.4, 0.5) is 5.69 Å². The maximum absolute atomic E-state index is 6.46. The van der Waals surface area contributed by atoms with Crippen molar-refractivity contribution in [3.63, 3.8) is 0 Å². The molecular weight excluding hydrogens is 1090 g/mol. The van der Waals surface area contributed by atoms with Crippen LogP contribution in [0.2, 0.25) is 0 Å². The Bertz CT molecular complexity index is 3830. The first kappa shape index (κ1) is 60.5. The van der Waals surface area contributed by atoms with Crippen molar-refractivity contribution in [3.8, 4) is 11.1 Å². The molecule has 3 nitrogen and oxygen atoms in total. The van der Waals surface area contributed by atoms with Crippen molar-refractivity contribution in [2.45, 2.75) is 175 Å². The van der Waals surface area contributed by atoms with Gasteiger partial charge in [0.25, 0.3) is 0 Å². The van der Waals surface area contributed by atoms with Crippen LogP contribution in [-0.4, -0.2) is 11.2 Å². The molecule has 2 saturated carbocycles. The van der Waals surface area contributed by atoms with E-state index in [1.165, 1.54) is 166 Å². The van der Waals surface area contributed by atoms with E-state index in [-0.39, 0.29) is 5.41 Å². The second-order valence-electron chi connectivity index (χ2n) is 29.2. The van der Waals surface area contributed by atoms with Gasteiger partial charge in [-0.05, 0) is 275 Å². The molecule has 0 bridgehead atoms. The molecule has 3 aromatic carbocycles. The summed E-state index contributed by atoms with van der Waals surface area (Å²) >= 11 is 0. The van der Waals surface area contributed by atoms with Gasteiger partial charge in [0.05, 0.1) is 12.4 Å². The molecule has 1 heterocycles. The zero-order valence-corrected chi connectivity index (χ0v) is 54.9. The van der Waals surface area contributed by atoms with E-state index >= 15 is 0 Å². The number of aryl methyl sites for hydroxylation is 2.